The van der Waals surface area contributed by atoms with Crippen molar-refractivity contribution in [2.75, 3.05) is 19.7 Å². The minimum atomic E-state index is -0.265. The zero-order chi connectivity index (χ0) is 13.5. The molecule has 0 aliphatic rings. The summed E-state index contributed by atoms with van der Waals surface area (Å²) in [6.07, 6.45) is 1.82. The molecule has 0 unspecified atom stereocenters. The fourth-order valence-electron chi connectivity index (χ4n) is 1.63. The van der Waals surface area contributed by atoms with Crippen molar-refractivity contribution < 1.29 is 15.0 Å². The number of aromatic hydroxyl groups is 1. The molecule has 0 saturated heterocycles. The van der Waals surface area contributed by atoms with E-state index in [1.165, 1.54) is 18.2 Å². The highest BCUT2D eigenvalue weighted by molar-refractivity contribution is 6.33. The van der Waals surface area contributed by atoms with Gasteiger partial charge in [-0.3, -0.25) is 4.79 Å². The van der Waals surface area contributed by atoms with Gasteiger partial charge in [0.1, 0.15) is 5.75 Å². The molecule has 1 amide bonds. The molecule has 2 N–H and O–H groups in total. The maximum Gasteiger partial charge on any atom is 0.255 e. The average molecular weight is 272 g/mol. The van der Waals surface area contributed by atoms with Gasteiger partial charge in [0.25, 0.3) is 5.91 Å². The molecule has 1 rings (SSSR count). The SMILES string of the molecule is CCCCN(CCO)C(=O)c1cc(O)ccc1Cl. The van der Waals surface area contributed by atoms with Gasteiger partial charge in [0.05, 0.1) is 17.2 Å². The Morgan fingerprint density at radius 3 is 2.72 bits per heavy atom. The second-order valence-electron chi connectivity index (χ2n) is 4.03. The third-order valence-electron chi connectivity index (χ3n) is 2.62. The van der Waals surface area contributed by atoms with E-state index in [1.54, 1.807) is 4.90 Å². The van der Waals surface area contributed by atoms with Crippen molar-refractivity contribution in [3.63, 3.8) is 0 Å². The summed E-state index contributed by atoms with van der Waals surface area (Å²) in [7, 11) is 0. The van der Waals surface area contributed by atoms with Gasteiger partial charge in [-0.25, -0.2) is 0 Å². The molecule has 0 aliphatic carbocycles. The second-order valence-corrected chi connectivity index (χ2v) is 4.44. The van der Waals surface area contributed by atoms with Crippen LogP contribution in [-0.2, 0) is 0 Å². The summed E-state index contributed by atoms with van der Waals surface area (Å²) in [5, 5.41) is 18.7. The van der Waals surface area contributed by atoms with Crippen LogP contribution in [0.1, 0.15) is 30.1 Å². The monoisotopic (exact) mass is 271 g/mol. The van der Waals surface area contributed by atoms with Crippen LogP contribution < -0.4 is 0 Å². The van der Waals surface area contributed by atoms with Crippen LogP contribution in [0, 0.1) is 0 Å². The van der Waals surface area contributed by atoms with E-state index >= 15 is 0 Å². The van der Waals surface area contributed by atoms with Gasteiger partial charge in [0.2, 0.25) is 0 Å². The van der Waals surface area contributed by atoms with Gasteiger partial charge in [0, 0.05) is 13.1 Å². The molecule has 0 heterocycles. The second kappa shape index (κ2) is 7.24. The number of aliphatic hydroxyl groups excluding tert-OH is 1. The first-order valence-corrected chi connectivity index (χ1v) is 6.36. The number of aliphatic hydroxyl groups is 1. The smallest absolute Gasteiger partial charge is 0.255 e. The first kappa shape index (κ1) is 14.8. The lowest BCUT2D eigenvalue weighted by Crippen LogP contribution is -2.34. The van der Waals surface area contributed by atoms with Crippen molar-refractivity contribution >= 4 is 17.5 Å². The van der Waals surface area contributed by atoms with Crippen LogP contribution in [0.25, 0.3) is 0 Å². The number of halogens is 1. The number of nitrogens with zero attached hydrogens (tertiary/aromatic N) is 1. The summed E-state index contributed by atoms with van der Waals surface area (Å²) in [5.74, 6) is -0.263. The van der Waals surface area contributed by atoms with Crippen LogP contribution >= 0.6 is 11.6 Å². The lowest BCUT2D eigenvalue weighted by atomic mass is 10.1. The number of hydrogen-bond acceptors (Lipinski definition) is 3. The Kier molecular flexibility index (Phi) is 5.95. The van der Waals surface area contributed by atoms with Gasteiger partial charge in [0.15, 0.2) is 0 Å². The first-order chi connectivity index (χ1) is 8.60. The molecule has 0 radical (unpaired) electrons. The normalized spacial score (nSPS) is 10.4. The maximum atomic E-state index is 12.2. The Morgan fingerprint density at radius 2 is 2.11 bits per heavy atom. The van der Waals surface area contributed by atoms with E-state index in [4.69, 9.17) is 16.7 Å². The Hall–Kier alpha value is -1.26. The van der Waals surface area contributed by atoms with Crippen molar-refractivity contribution in [3.05, 3.63) is 28.8 Å². The number of carbonyl (C=O) groups excluding carboxylic acids is 1. The van der Waals surface area contributed by atoms with E-state index in [-0.39, 0.29) is 30.4 Å². The van der Waals surface area contributed by atoms with E-state index in [0.717, 1.165) is 12.8 Å². The zero-order valence-corrected chi connectivity index (χ0v) is 11.2. The van der Waals surface area contributed by atoms with Crippen LogP contribution in [-0.4, -0.2) is 40.7 Å². The van der Waals surface area contributed by atoms with Gasteiger partial charge < -0.3 is 15.1 Å². The highest BCUT2D eigenvalue weighted by atomic mass is 35.5. The summed E-state index contributed by atoms with van der Waals surface area (Å²) in [6, 6.07) is 4.27. The zero-order valence-electron chi connectivity index (χ0n) is 10.4. The Balaban J connectivity index is 2.90. The molecule has 1 aromatic carbocycles. The van der Waals surface area contributed by atoms with Crippen LogP contribution in [0.5, 0.6) is 5.75 Å². The van der Waals surface area contributed by atoms with E-state index < -0.39 is 0 Å². The molecule has 0 aromatic heterocycles. The standard InChI is InChI=1S/C13H18ClNO3/c1-2-3-6-15(7-8-16)13(18)11-9-10(17)4-5-12(11)14/h4-5,9,16-17H,2-3,6-8H2,1H3. The highest BCUT2D eigenvalue weighted by Gasteiger charge is 2.18. The third-order valence-corrected chi connectivity index (χ3v) is 2.95. The lowest BCUT2D eigenvalue weighted by molar-refractivity contribution is 0.0719. The molecule has 0 bridgehead atoms. The minimum Gasteiger partial charge on any atom is -0.508 e. The molecule has 0 spiro atoms. The predicted octanol–water partition coefficient (Wildman–Crippen LogP) is 2.28. The maximum absolute atomic E-state index is 12.2. The molecule has 0 aliphatic heterocycles. The fraction of sp³-hybridized carbons (Fsp3) is 0.462. The number of amides is 1. The van der Waals surface area contributed by atoms with Gasteiger partial charge in [-0.2, -0.15) is 0 Å². The summed E-state index contributed by atoms with van der Waals surface area (Å²) >= 11 is 5.95. The molecule has 4 nitrogen and oxygen atoms in total. The quantitative estimate of drug-likeness (QED) is 0.834. The lowest BCUT2D eigenvalue weighted by Gasteiger charge is -2.22. The van der Waals surface area contributed by atoms with Gasteiger partial charge >= 0.3 is 0 Å². The largest absolute Gasteiger partial charge is 0.508 e. The Labute approximate surface area is 112 Å². The average Bonchev–Trinajstić information content (AvgIpc) is 2.36. The molecule has 5 heteroatoms. The van der Waals surface area contributed by atoms with E-state index in [1.807, 2.05) is 6.92 Å². The molecular weight excluding hydrogens is 254 g/mol. The van der Waals surface area contributed by atoms with E-state index in [2.05, 4.69) is 0 Å². The van der Waals surface area contributed by atoms with Crippen molar-refractivity contribution in [2.24, 2.45) is 0 Å². The number of phenols is 1. The number of benzene rings is 1. The van der Waals surface area contributed by atoms with Crippen LogP contribution in [0.15, 0.2) is 18.2 Å². The van der Waals surface area contributed by atoms with Crippen molar-refractivity contribution in [1.29, 1.82) is 0 Å². The first-order valence-electron chi connectivity index (χ1n) is 5.98. The number of rotatable bonds is 6. The van der Waals surface area contributed by atoms with Crippen molar-refractivity contribution in [1.82, 2.24) is 4.90 Å². The number of phenolic OH excluding ortho intramolecular Hbond substituents is 1. The molecule has 0 atom stereocenters. The number of unbranched alkanes of at least 4 members (excludes halogenated alkanes) is 1. The van der Waals surface area contributed by atoms with Gasteiger partial charge in [-0.1, -0.05) is 24.9 Å². The number of carbonyl (C=O) groups is 1. The summed E-state index contributed by atoms with van der Waals surface area (Å²) in [5.41, 5.74) is 0.265. The van der Waals surface area contributed by atoms with Crippen LogP contribution in [0.2, 0.25) is 5.02 Å². The molecule has 0 fully saturated rings. The predicted molar refractivity (Wildman–Crippen MR) is 71.0 cm³/mol. The molecule has 0 saturated carbocycles. The third kappa shape index (κ3) is 3.89. The van der Waals surface area contributed by atoms with Crippen LogP contribution in [0.4, 0.5) is 0 Å². The Morgan fingerprint density at radius 1 is 1.39 bits per heavy atom. The highest BCUT2D eigenvalue weighted by Crippen LogP contribution is 2.22. The number of hydrogen-bond donors (Lipinski definition) is 2. The van der Waals surface area contributed by atoms with Gasteiger partial charge in [-0.05, 0) is 24.6 Å². The molecule has 1 aromatic rings. The topological polar surface area (TPSA) is 60.8 Å². The molecular formula is C13H18ClNO3. The minimum absolute atomic E-state index is 0.00203. The summed E-state index contributed by atoms with van der Waals surface area (Å²) in [6.45, 7) is 2.78. The fourth-order valence-corrected chi connectivity index (χ4v) is 1.83. The summed E-state index contributed by atoms with van der Waals surface area (Å²) in [4.78, 5) is 13.8. The summed E-state index contributed by atoms with van der Waals surface area (Å²) < 4.78 is 0. The van der Waals surface area contributed by atoms with Crippen molar-refractivity contribution in [3.8, 4) is 5.75 Å². The van der Waals surface area contributed by atoms with Crippen molar-refractivity contribution in [2.45, 2.75) is 19.8 Å². The van der Waals surface area contributed by atoms with E-state index in [9.17, 15) is 9.90 Å². The van der Waals surface area contributed by atoms with Gasteiger partial charge in [-0.15, -0.1) is 0 Å². The van der Waals surface area contributed by atoms with Crippen LogP contribution in [0.3, 0.4) is 0 Å². The molecule has 100 valence electrons. The molecule has 18 heavy (non-hydrogen) atoms. The Bertz CT molecular complexity index is 409. The van der Waals surface area contributed by atoms with E-state index in [0.29, 0.717) is 11.6 Å².